The second-order valence-corrected chi connectivity index (χ2v) is 42.1. The number of ketones is 3. The van der Waals surface area contributed by atoms with Gasteiger partial charge in [-0.3, -0.25) is 33.6 Å². The van der Waals surface area contributed by atoms with Crippen LogP contribution in [0.3, 0.4) is 0 Å². The van der Waals surface area contributed by atoms with E-state index in [1.165, 1.54) is 24.8 Å². The van der Waals surface area contributed by atoms with Crippen LogP contribution in [0.15, 0.2) is 134 Å². The molecule has 10 rings (SSSR count). The van der Waals surface area contributed by atoms with E-state index < -0.39 is 121 Å². The van der Waals surface area contributed by atoms with Crippen LogP contribution in [-0.2, 0) is 48.0 Å². The van der Waals surface area contributed by atoms with Crippen molar-refractivity contribution in [3.63, 3.8) is 0 Å². The number of aliphatic hydroxyl groups excluding tert-OH is 2. The molecule has 22 nitrogen and oxygen atoms in total. The molecule has 40 heteroatoms. The summed E-state index contributed by atoms with van der Waals surface area (Å²) in [6.07, 6.45) is 14.2. The summed E-state index contributed by atoms with van der Waals surface area (Å²) < 4.78 is 12.0. The molecule has 727 valence electrons. The average molecular weight is 1920 g/mol. The fraction of sp³-hybridized carbons (Fsp3) is 0.618. The molecule has 0 bridgehead atoms. The minimum atomic E-state index is -1.22. The van der Waals surface area contributed by atoms with Gasteiger partial charge < -0.3 is 60.6 Å². The van der Waals surface area contributed by atoms with Crippen molar-refractivity contribution in [2.75, 3.05) is 13.1 Å². The van der Waals surface area contributed by atoms with Crippen LogP contribution < -0.4 is 25.8 Å². The zero-order valence-corrected chi connectivity index (χ0v) is 87.5. The third-order valence-electron chi connectivity index (χ3n) is 26.7. The van der Waals surface area contributed by atoms with Crippen LogP contribution in [-0.4, -0.2) is 284 Å². The van der Waals surface area contributed by atoms with E-state index >= 15 is 0 Å². The number of nitrogens with one attached hydrogen (secondary N) is 2. The first-order chi connectivity index (χ1) is 66.5. The number of aryl methyl sites for hydroxylation is 4. The molecule has 2 saturated heterocycles. The predicted molar refractivity (Wildman–Crippen MR) is 583 cm³/mol. The van der Waals surface area contributed by atoms with Crippen LogP contribution >= 0.6 is 12.4 Å². The summed E-state index contributed by atoms with van der Waals surface area (Å²) in [5, 5.41) is 45.8. The largest absolute Gasteiger partial charge is 0.490 e. The fourth-order valence-electron chi connectivity index (χ4n) is 19.1. The van der Waals surface area contributed by atoms with E-state index in [0.29, 0.717) is 75.0 Å². The summed E-state index contributed by atoms with van der Waals surface area (Å²) in [5.41, 5.74) is 46.7. The Hall–Kier alpha value is -8.95. The summed E-state index contributed by atoms with van der Waals surface area (Å²) in [4.78, 5) is 122. The molecule has 4 amide bonds. The number of hydrogen-bond donors (Lipinski definition) is 6. The molecule has 4 aliphatic heterocycles. The molecule has 6 fully saturated rings. The predicted octanol–water partition coefficient (Wildman–Crippen LogP) is 10.2. The Balaban J connectivity index is 0.000000349. The molecule has 2 aromatic rings. The van der Waals surface area contributed by atoms with Gasteiger partial charge in [0.05, 0.1) is 42.8 Å². The number of ether oxygens (including phenoxy) is 2. The number of aliphatic hydroxyl groups is 2. The van der Waals surface area contributed by atoms with Gasteiger partial charge in [-0.1, -0.05) is 129 Å². The number of nitrogens with zero attached hydrogens (tertiary/aromatic N) is 4. The van der Waals surface area contributed by atoms with Gasteiger partial charge in [-0.15, -0.1) is 12.4 Å². The van der Waals surface area contributed by atoms with Gasteiger partial charge in [-0.2, -0.15) is 0 Å². The topological polar surface area (TPSA) is 315 Å². The lowest BCUT2D eigenvalue weighted by Crippen LogP contribution is -2.76. The van der Waals surface area contributed by atoms with E-state index in [9.17, 15) is 53.7 Å². The van der Waals surface area contributed by atoms with Crippen LogP contribution in [0.1, 0.15) is 290 Å². The molecule has 8 aliphatic rings. The number of oxime groups is 2. The molecule has 142 heavy (non-hydrogen) atoms. The van der Waals surface area contributed by atoms with Gasteiger partial charge in [0.25, 0.3) is 0 Å². The summed E-state index contributed by atoms with van der Waals surface area (Å²) in [6, 6.07) is 4.11. The van der Waals surface area contributed by atoms with Crippen molar-refractivity contribution in [3.8, 4) is 11.5 Å². The maximum atomic E-state index is 14.8. The standard InChI is InChI=1S/C43H65N3O7.C32H47N3O6.C17H4.C10H19NO2.B17.ClH/c1-9-13-31(38(50)36(48)20-30-16-17-30)22-35(47)34-24-43(23-33(45-53-43)32-18-27(4)39(28(5)19-32)52-26(2)3)25-46(34)41(51)40(42(6,7)8)44-37(49)21-29-14-11-10-12-15-29;1-19(2)40-27-20(3)13-23(14-21(27)4)24-16-32(41-34-24)17-25(30(38)39)35(18-32)29(37)28(31(5,6)7)33-26(36)15-22-11-9-8-10-12-22;1-3-5-7-9-11-13-15-17-16-14-12-10-8-6-4-2;1-2-3-8(11)10(13)9(12)6-7-4-5-7;1-10-15(11(2)3)17(14(8)9)16(12(4)5)13(6)7;/h18-19,26,29-31,34,38,40,50H,9-17,20-25H2,1-8H3,(H,44,49);13-14,19,22,25,28H,8-12,15-18H2,1-7H3,(H,33,36)(H,38,39);1-2H2;7-8,10,13H,2-6,11H2,1H3;;1H/t31-,34+,38?,40-,43-;25-,28+,32+;;8-,10?;;/m10.0../s1. The summed E-state index contributed by atoms with van der Waals surface area (Å²) >= 11 is 0. The van der Waals surface area contributed by atoms with Crippen molar-refractivity contribution < 1.29 is 72.8 Å². The molecule has 2 spiro atoms. The second-order valence-electron chi connectivity index (χ2n) is 42.1. The zero-order valence-electron chi connectivity index (χ0n) is 86.6. The Morgan fingerprint density at radius 3 is 1.17 bits per heavy atom. The lowest BCUT2D eigenvalue weighted by Gasteiger charge is -2.38. The smallest absolute Gasteiger partial charge is 0.326 e. The van der Waals surface area contributed by atoms with Crippen LogP contribution in [0.25, 0.3) is 0 Å². The maximum absolute atomic E-state index is 14.8. The van der Waals surface area contributed by atoms with E-state index in [1.807, 2.05) is 135 Å². The van der Waals surface area contributed by atoms with E-state index in [-0.39, 0.29) is 98.1 Å². The minimum absolute atomic E-state index is 0. The molecule has 19 radical (unpaired) electrons. The average Bonchev–Trinajstić information content (AvgIpc) is 1.60. The third-order valence-corrected chi connectivity index (χ3v) is 26.7. The summed E-state index contributed by atoms with van der Waals surface area (Å²) in [7, 11) is 52.0. The molecule has 7 N–H and O–H groups in total. The van der Waals surface area contributed by atoms with Gasteiger partial charge in [0.1, 0.15) is 41.8 Å². The van der Waals surface area contributed by atoms with Gasteiger partial charge in [0, 0.05) is 196 Å². The van der Waals surface area contributed by atoms with Crippen molar-refractivity contribution in [3.05, 3.63) is 157 Å². The van der Waals surface area contributed by atoms with Gasteiger partial charge in [0.15, 0.2) is 28.6 Å². The Morgan fingerprint density at radius 1 is 0.521 bits per heavy atom. The Kier molecular flexibility index (Phi) is 51.9. The van der Waals surface area contributed by atoms with Gasteiger partial charge >= 0.3 is 5.97 Å². The minimum Gasteiger partial charge on any atom is -0.490 e. The van der Waals surface area contributed by atoms with E-state index in [2.05, 4.69) is 120 Å². The Morgan fingerprint density at radius 2 is 0.859 bits per heavy atom. The van der Waals surface area contributed by atoms with Crippen LogP contribution in [0.2, 0.25) is 0 Å². The molecular formula is C102H136B17ClN7O15. The number of benzene rings is 2. The zero-order chi connectivity index (χ0) is 105. The Bertz CT molecular complexity index is 5220. The van der Waals surface area contributed by atoms with Gasteiger partial charge in [-0.05, 0) is 294 Å². The highest BCUT2D eigenvalue weighted by Gasteiger charge is 2.58. The van der Waals surface area contributed by atoms with Gasteiger partial charge in [-0.25, -0.2) is 4.79 Å². The van der Waals surface area contributed by atoms with Gasteiger partial charge in [0.2, 0.25) is 23.6 Å². The molecule has 0 aromatic heterocycles. The SMILES string of the molecule is C=C=C=C=C=C=C=C=C=C=C=C=C=C=C=C=C.CCC[C@H](CC(=O)[C@@H]1C[C@]2(CC(c3cc(C)c(OC(C)C)c(C)c3)=NO2)CN1C(=O)[C@@H](NC(=O)CC1CCCCC1)C(C)(C)C)C(O)C(=O)CC1CC1.CCC[C@H](N)C(O)C(=O)CC1CC1.Cc1cc(C2=NO[C@]3(C2)C[C@@H](C(=O)O)N(C(=O)[C@@H](NC(=O)CC2CCCCC2)C(C)(C)C)C3)cc(C)c1OC(C)C.Cl.[B][B]B(B([B])[B])B(B([B])[B])B(B([B])[B])B([B])[B]. The number of carbonyl (C=O) groups excluding carboxylic acids is 7. The normalized spacial score (nSPS) is 19.2. The van der Waals surface area contributed by atoms with Crippen LogP contribution in [0.5, 0.6) is 11.5 Å². The molecule has 4 saturated carbocycles. The van der Waals surface area contributed by atoms with Crippen molar-refractivity contribution >= 4 is 192 Å². The number of carboxylic acid groups (broad SMARTS) is 1. The molecule has 10 atom stereocenters. The number of rotatable bonds is 37. The van der Waals surface area contributed by atoms with Crippen molar-refractivity contribution in [2.45, 2.75) is 350 Å². The molecule has 2 unspecified atom stereocenters. The number of hydrogen-bond acceptors (Lipinski definition) is 17. The van der Waals surface area contributed by atoms with Crippen LogP contribution in [0, 0.1) is 68.1 Å². The third kappa shape index (κ3) is 39.4. The molecule has 4 aliphatic carbocycles. The number of carbonyl (C=O) groups is 8. The Labute approximate surface area is 867 Å². The monoisotopic (exact) mass is 1920 g/mol. The number of halogens is 1. The molecular weight excluding hydrogens is 1780 g/mol. The lowest BCUT2D eigenvalue weighted by molar-refractivity contribution is -0.150. The number of likely N-dealkylation sites (tertiary alicyclic amines) is 2. The van der Waals surface area contributed by atoms with Crippen molar-refractivity contribution in [2.24, 2.45) is 56.5 Å². The highest BCUT2D eigenvalue weighted by molar-refractivity contribution is 8.15. The van der Waals surface area contributed by atoms with E-state index in [1.54, 1.807) is 4.90 Å². The number of nitrogens with two attached hydrogens (primary N) is 1. The van der Waals surface area contributed by atoms with Crippen molar-refractivity contribution in [1.29, 1.82) is 0 Å². The number of amides is 4. The molecule has 4 heterocycles. The van der Waals surface area contributed by atoms with Crippen molar-refractivity contribution in [1.82, 2.24) is 20.4 Å². The second kappa shape index (κ2) is 59.6. The fourth-order valence-corrected chi connectivity index (χ4v) is 19.1. The number of Topliss-reactive ketones (excluding diaryl/α,β-unsaturated/α-hetero) is 3. The van der Waals surface area contributed by atoms with E-state index in [4.69, 9.17) is 94.5 Å². The number of aliphatic carboxylic acids is 1. The quantitative estimate of drug-likeness (QED) is 0.0271. The highest BCUT2D eigenvalue weighted by Crippen LogP contribution is 2.45. The highest BCUT2D eigenvalue weighted by atomic mass is 35.5. The number of carboxylic acids is 1. The summed E-state index contributed by atoms with van der Waals surface area (Å²) in [6.45, 7) is 38.2. The summed E-state index contributed by atoms with van der Waals surface area (Å²) in [5.74, 6) is 0.132. The maximum Gasteiger partial charge on any atom is 0.326 e. The van der Waals surface area contributed by atoms with Crippen LogP contribution in [0.4, 0.5) is 0 Å². The first-order valence-corrected chi connectivity index (χ1v) is 50.1. The first-order valence-electron chi connectivity index (χ1n) is 50.1. The van der Waals surface area contributed by atoms with E-state index in [0.717, 1.165) is 146 Å². The molecule has 2 aromatic carbocycles. The first kappa shape index (κ1) is 124. The lowest BCUT2D eigenvalue weighted by atomic mass is 8.43.